The number of nitrogens with one attached hydrogen (secondary N) is 1. The fraction of sp³-hybridized carbons (Fsp3) is 0.588. The Kier molecular flexibility index (Phi) is 9.68. The SMILES string of the molecule is CCCCOc1ccc(C(=O)NCC(C)(C)N)cc1OCC.Cl. The molecular formula is C17H29ClN2O3. The average Bonchev–Trinajstić information content (AvgIpc) is 2.46. The van der Waals surface area contributed by atoms with E-state index in [1.165, 1.54) is 0 Å². The molecule has 1 aromatic rings. The van der Waals surface area contributed by atoms with Crippen molar-refractivity contribution in [2.24, 2.45) is 5.73 Å². The second-order valence-electron chi connectivity index (χ2n) is 5.97. The number of rotatable bonds is 9. The lowest BCUT2D eigenvalue weighted by Crippen LogP contribution is -2.45. The zero-order chi connectivity index (χ0) is 16.6. The van der Waals surface area contributed by atoms with E-state index >= 15 is 0 Å². The van der Waals surface area contributed by atoms with Crippen molar-refractivity contribution in [2.75, 3.05) is 19.8 Å². The zero-order valence-electron chi connectivity index (χ0n) is 14.5. The maximum Gasteiger partial charge on any atom is 0.251 e. The molecule has 0 saturated carbocycles. The van der Waals surface area contributed by atoms with Crippen molar-refractivity contribution in [3.05, 3.63) is 23.8 Å². The van der Waals surface area contributed by atoms with Crippen LogP contribution in [0.3, 0.4) is 0 Å². The van der Waals surface area contributed by atoms with Crippen LogP contribution in [-0.4, -0.2) is 31.2 Å². The van der Waals surface area contributed by atoms with Crippen LogP contribution < -0.4 is 20.5 Å². The van der Waals surface area contributed by atoms with E-state index in [2.05, 4.69) is 12.2 Å². The van der Waals surface area contributed by atoms with Crippen molar-refractivity contribution in [3.63, 3.8) is 0 Å². The molecule has 1 amide bonds. The Bertz CT molecular complexity index is 487. The summed E-state index contributed by atoms with van der Waals surface area (Å²) in [5, 5.41) is 2.82. The fourth-order valence-electron chi connectivity index (χ4n) is 1.77. The summed E-state index contributed by atoms with van der Waals surface area (Å²) in [5.41, 5.74) is 5.97. The molecule has 0 aromatic heterocycles. The molecule has 5 nitrogen and oxygen atoms in total. The number of hydrogen-bond acceptors (Lipinski definition) is 4. The smallest absolute Gasteiger partial charge is 0.251 e. The third-order valence-corrected chi connectivity index (χ3v) is 2.97. The second kappa shape index (κ2) is 10.3. The Morgan fingerprint density at radius 2 is 1.91 bits per heavy atom. The molecular weight excluding hydrogens is 316 g/mol. The summed E-state index contributed by atoms with van der Waals surface area (Å²) in [6.07, 6.45) is 2.05. The van der Waals surface area contributed by atoms with Gasteiger partial charge in [-0.1, -0.05) is 13.3 Å². The van der Waals surface area contributed by atoms with Gasteiger partial charge < -0.3 is 20.5 Å². The van der Waals surface area contributed by atoms with E-state index in [0.29, 0.717) is 36.8 Å². The quantitative estimate of drug-likeness (QED) is 0.675. The standard InChI is InChI=1S/C17H28N2O3.ClH/c1-5-7-10-22-14-9-8-13(11-15(14)21-6-2)16(20)19-12-17(3,4)18;/h8-9,11H,5-7,10,12,18H2,1-4H3,(H,19,20);1H. The van der Waals surface area contributed by atoms with Crippen LogP contribution in [0.25, 0.3) is 0 Å². The number of ether oxygens (including phenoxy) is 2. The molecule has 1 rings (SSSR count). The van der Waals surface area contributed by atoms with E-state index in [9.17, 15) is 4.79 Å². The van der Waals surface area contributed by atoms with Gasteiger partial charge in [0.2, 0.25) is 0 Å². The molecule has 132 valence electrons. The number of carbonyl (C=O) groups excluding carboxylic acids is 1. The van der Waals surface area contributed by atoms with Gasteiger partial charge in [-0.3, -0.25) is 4.79 Å². The number of unbranched alkanes of at least 4 members (excludes halogenated alkanes) is 1. The van der Waals surface area contributed by atoms with Crippen LogP contribution in [0.15, 0.2) is 18.2 Å². The Balaban J connectivity index is 0.00000484. The van der Waals surface area contributed by atoms with E-state index in [0.717, 1.165) is 12.8 Å². The molecule has 0 aliphatic heterocycles. The number of halogens is 1. The summed E-state index contributed by atoms with van der Waals surface area (Å²) < 4.78 is 11.3. The van der Waals surface area contributed by atoms with Crippen molar-refractivity contribution < 1.29 is 14.3 Å². The number of amides is 1. The summed E-state index contributed by atoms with van der Waals surface area (Å²) >= 11 is 0. The molecule has 0 spiro atoms. The molecule has 1 aromatic carbocycles. The molecule has 0 unspecified atom stereocenters. The highest BCUT2D eigenvalue weighted by molar-refractivity contribution is 5.94. The predicted molar refractivity (Wildman–Crippen MR) is 95.9 cm³/mol. The summed E-state index contributed by atoms with van der Waals surface area (Å²) in [6.45, 7) is 9.31. The molecule has 0 aliphatic carbocycles. The highest BCUT2D eigenvalue weighted by atomic mass is 35.5. The first kappa shape index (κ1) is 21.5. The van der Waals surface area contributed by atoms with Crippen molar-refractivity contribution in [3.8, 4) is 11.5 Å². The van der Waals surface area contributed by atoms with Crippen LogP contribution in [-0.2, 0) is 0 Å². The van der Waals surface area contributed by atoms with E-state index in [1.54, 1.807) is 18.2 Å². The molecule has 0 aliphatic rings. The number of carbonyl (C=O) groups is 1. The maximum absolute atomic E-state index is 12.2. The van der Waals surface area contributed by atoms with Gasteiger partial charge in [0, 0.05) is 17.6 Å². The summed E-state index contributed by atoms with van der Waals surface area (Å²) in [7, 11) is 0. The largest absolute Gasteiger partial charge is 0.490 e. The minimum absolute atomic E-state index is 0. The third-order valence-electron chi connectivity index (χ3n) is 2.97. The van der Waals surface area contributed by atoms with Gasteiger partial charge in [-0.15, -0.1) is 12.4 Å². The summed E-state index contributed by atoms with van der Waals surface area (Å²) in [4.78, 5) is 12.2. The van der Waals surface area contributed by atoms with E-state index in [-0.39, 0.29) is 18.3 Å². The Morgan fingerprint density at radius 3 is 2.48 bits per heavy atom. The topological polar surface area (TPSA) is 73.6 Å². The van der Waals surface area contributed by atoms with Crippen molar-refractivity contribution >= 4 is 18.3 Å². The van der Waals surface area contributed by atoms with Crippen LogP contribution in [0.4, 0.5) is 0 Å². The molecule has 0 bridgehead atoms. The van der Waals surface area contributed by atoms with Gasteiger partial charge in [0.1, 0.15) is 0 Å². The normalized spacial score (nSPS) is 10.7. The van der Waals surface area contributed by atoms with Crippen LogP contribution in [0.5, 0.6) is 11.5 Å². The molecule has 0 saturated heterocycles. The molecule has 23 heavy (non-hydrogen) atoms. The fourth-order valence-corrected chi connectivity index (χ4v) is 1.77. The molecule has 0 atom stereocenters. The molecule has 0 radical (unpaired) electrons. The van der Waals surface area contributed by atoms with Crippen LogP contribution in [0.1, 0.15) is 50.9 Å². The number of nitrogens with two attached hydrogens (primary N) is 1. The van der Waals surface area contributed by atoms with Crippen LogP contribution >= 0.6 is 12.4 Å². The van der Waals surface area contributed by atoms with Gasteiger partial charge in [-0.05, 0) is 45.4 Å². The highest BCUT2D eigenvalue weighted by Crippen LogP contribution is 2.28. The van der Waals surface area contributed by atoms with Gasteiger partial charge in [-0.2, -0.15) is 0 Å². The van der Waals surface area contributed by atoms with E-state index < -0.39 is 5.54 Å². The maximum atomic E-state index is 12.2. The highest BCUT2D eigenvalue weighted by Gasteiger charge is 2.15. The first-order valence-electron chi connectivity index (χ1n) is 7.84. The minimum Gasteiger partial charge on any atom is -0.490 e. The van der Waals surface area contributed by atoms with Crippen molar-refractivity contribution in [1.82, 2.24) is 5.32 Å². The predicted octanol–water partition coefficient (Wildman–Crippen LogP) is 3.15. The van der Waals surface area contributed by atoms with Gasteiger partial charge in [0.05, 0.1) is 13.2 Å². The zero-order valence-corrected chi connectivity index (χ0v) is 15.3. The lowest BCUT2D eigenvalue weighted by atomic mass is 10.1. The van der Waals surface area contributed by atoms with Gasteiger partial charge in [0.25, 0.3) is 5.91 Å². The van der Waals surface area contributed by atoms with Gasteiger partial charge >= 0.3 is 0 Å². The van der Waals surface area contributed by atoms with E-state index in [4.69, 9.17) is 15.2 Å². The molecule has 0 fully saturated rings. The van der Waals surface area contributed by atoms with Crippen LogP contribution in [0, 0.1) is 0 Å². The summed E-state index contributed by atoms with van der Waals surface area (Å²) in [5.74, 6) is 1.10. The Labute approximate surface area is 145 Å². The van der Waals surface area contributed by atoms with Gasteiger partial charge in [0.15, 0.2) is 11.5 Å². The van der Waals surface area contributed by atoms with Crippen LogP contribution in [0.2, 0.25) is 0 Å². The average molecular weight is 345 g/mol. The van der Waals surface area contributed by atoms with E-state index in [1.807, 2.05) is 20.8 Å². The van der Waals surface area contributed by atoms with Crippen molar-refractivity contribution in [2.45, 2.75) is 46.1 Å². The lowest BCUT2D eigenvalue weighted by molar-refractivity contribution is 0.0945. The first-order valence-corrected chi connectivity index (χ1v) is 7.84. The molecule has 3 N–H and O–H groups in total. The van der Waals surface area contributed by atoms with Crippen molar-refractivity contribution in [1.29, 1.82) is 0 Å². The number of hydrogen-bond donors (Lipinski definition) is 2. The molecule has 6 heteroatoms. The minimum atomic E-state index is -0.443. The van der Waals surface area contributed by atoms with Gasteiger partial charge in [-0.25, -0.2) is 0 Å². The third kappa shape index (κ3) is 8.09. The Hall–Kier alpha value is -1.46. The molecule has 0 heterocycles. The number of benzene rings is 1. The Morgan fingerprint density at radius 1 is 1.22 bits per heavy atom. The first-order chi connectivity index (χ1) is 10.4. The monoisotopic (exact) mass is 344 g/mol. The second-order valence-corrected chi connectivity index (χ2v) is 5.97. The summed E-state index contributed by atoms with van der Waals surface area (Å²) in [6, 6.07) is 5.23. The lowest BCUT2D eigenvalue weighted by Gasteiger charge is -2.19.